The Morgan fingerprint density at radius 3 is 2.29 bits per heavy atom. The Hall–Kier alpha value is -4.79. The number of imide groups is 1. The van der Waals surface area contributed by atoms with E-state index in [0.717, 1.165) is 131 Å². The van der Waals surface area contributed by atoms with E-state index in [4.69, 9.17) is 4.98 Å². The number of carbonyl (C=O) groups excluding carboxylic acids is 3. The average Bonchev–Trinajstić information content (AvgIpc) is 3.58. The number of halogens is 3. The third kappa shape index (κ3) is 9.08. The molecule has 4 heterocycles. The van der Waals surface area contributed by atoms with Gasteiger partial charge >= 0.3 is 6.18 Å². The molecule has 1 saturated carbocycles. The molecule has 3 N–H and O–H groups in total. The fraction of sp³-hybridized carbons (Fsp3) is 0.500. The van der Waals surface area contributed by atoms with Crippen molar-refractivity contribution in [1.82, 2.24) is 24.7 Å². The van der Waals surface area contributed by atoms with Crippen LogP contribution in [0.25, 0.3) is 11.0 Å². The summed E-state index contributed by atoms with van der Waals surface area (Å²) in [6, 6.07) is 18.9. The van der Waals surface area contributed by atoms with Crippen LogP contribution in [0.4, 0.5) is 24.8 Å². The number of piperidine rings is 2. The van der Waals surface area contributed by atoms with Crippen molar-refractivity contribution in [3.05, 3.63) is 89.0 Å². The number of nitrogens with zero attached hydrogens (tertiary/aromatic N) is 5. The molecule has 3 aliphatic heterocycles. The first-order valence-corrected chi connectivity index (χ1v) is 20.7. The van der Waals surface area contributed by atoms with Crippen molar-refractivity contribution in [1.29, 1.82) is 0 Å². The van der Waals surface area contributed by atoms with Crippen LogP contribution in [0.3, 0.4) is 0 Å². The van der Waals surface area contributed by atoms with Crippen LogP contribution in [-0.4, -0.2) is 94.6 Å². The Balaban J connectivity index is 0.867. The molecule has 1 atom stereocenters. The molecule has 11 nitrogen and oxygen atoms in total. The van der Waals surface area contributed by atoms with Crippen LogP contribution >= 0.6 is 0 Å². The monoisotopic (exact) mass is 799 g/mol. The van der Waals surface area contributed by atoms with Gasteiger partial charge in [-0.25, -0.2) is 4.98 Å². The molecule has 8 rings (SSSR count). The first kappa shape index (κ1) is 40.0. The molecule has 1 aliphatic carbocycles. The van der Waals surface area contributed by atoms with Crippen LogP contribution in [0.2, 0.25) is 0 Å². The first-order chi connectivity index (χ1) is 28.0. The van der Waals surface area contributed by atoms with E-state index >= 15 is 0 Å². The van der Waals surface area contributed by atoms with Crippen molar-refractivity contribution in [2.24, 2.45) is 11.8 Å². The summed E-state index contributed by atoms with van der Waals surface area (Å²) < 4.78 is 42.3. The van der Waals surface area contributed by atoms with Gasteiger partial charge in [0.15, 0.2) is 0 Å². The number of benzene rings is 3. The zero-order valence-electron chi connectivity index (χ0n) is 32.7. The van der Waals surface area contributed by atoms with Gasteiger partial charge in [0.25, 0.3) is 5.91 Å². The van der Waals surface area contributed by atoms with E-state index in [9.17, 15) is 32.7 Å². The molecule has 3 saturated heterocycles. The average molecular weight is 800 g/mol. The fourth-order valence-electron chi connectivity index (χ4n) is 9.37. The topological polar surface area (TPSA) is 123 Å². The number of carbonyl (C=O) groups is 3. The lowest BCUT2D eigenvalue weighted by atomic mass is 9.86. The number of amides is 3. The highest BCUT2D eigenvalue weighted by Crippen LogP contribution is 2.38. The number of hydrogen-bond acceptors (Lipinski definition) is 8. The maximum Gasteiger partial charge on any atom is 0.416 e. The summed E-state index contributed by atoms with van der Waals surface area (Å²) in [4.78, 5) is 49.7. The quantitative estimate of drug-likeness (QED) is 0.154. The summed E-state index contributed by atoms with van der Waals surface area (Å²) in [5.41, 5.74) is 3.86. The van der Waals surface area contributed by atoms with Crippen LogP contribution < -0.4 is 15.5 Å². The first-order valence-electron chi connectivity index (χ1n) is 20.7. The van der Waals surface area contributed by atoms with Crippen LogP contribution in [0.5, 0.6) is 0 Å². The van der Waals surface area contributed by atoms with E-state index in [2.05, 4.69) is 49.6 Å². The van der Waals surface area contributed by atoms with Gasteiger partial charge in [-0.05, 0) is 110 Å². The number of rotatable bonds is 10. The van der Waals surface area contributed by atoms with E-state index in [1.54, 1.807) is 0 Å². The van der Waals surface area contributed by atoms with Gasteiger partial charge in [0.1, 0.15) is 0 Å². The highest BCUT2D eigenvalue weighted by atomic mass is 19.4. The summed E-state index contributed by atoms with van der Waals surface area (Å²) >= 11 is 0. The van der Waals surface area contributed by atoms with E-state index in [0.29, 0.717) is 24.7 Å². The number of aliphatic hydroxyl groups excluding tert-OH is 1. The second kappa shape index (κ2) is 17.2. The predicted molar refractivity (Wildman–Crippen MR) is 215 cm³/mol. The normalized spacial score (nSPS) is 23.0. The Bertz CT molecular complexity index is 2120. The van der Waals surface area contributed by atoms with Gasteiger partial charge in [0.2, 0.25) is 17.8 Å². The highest BCUT2D eigenvalue weighted by molar-refractivity contribution is 6.04. The molecule has 1 aromatic heterocycles. The van der Waals surface area contributed by atoms with E-state index in [1.807, 2.05) is 22.8 Å². The van der Waals surface area contributed by atoms with Crippen molar-refractivity contribution in [3.63, 3.8) is 0 Å². The predicted octanol–water partition coefficient (Wildman–Crippen LogP) is 6.59. The van der Waals surface area contributed by atoms with Crippen molar-refractivity contribution in [3.8, 4) is 0 Å². The number of aliphatic hydroxyl groups is 1. The molecule has 0 spiro atoms. The number of fused-ring (bicyclic) bond motifs is 1. The van der Waals surface area contributed by atoms with Crippen molar-refractivity contribution in [2.45, 2.75) is 76.0 Å². The summed E-state index contributed by atoms with van der Waals surface area (Å²) in [5, 5.41) is 15.0. The van der Waals surface area contributed by atoms with Gasteiger partial charge < -0.3 is 19.5 Å². The minimum absolute atomic E-state index is 0.0342. The molecule has 0 bridgehead atoms. The molecule has 14 heteroatoms. The zero-order chi connectivity index (χ0) is 40.4. The number of aromatic nitrogens is 2. The summed E-state index contributed by atoms with van der Waals surface area (Å²) in [6.45, 7) is 7.82. The summed E-state index contributed by atoms with van der Waals surface area (Å²) in [5.74, 6) is -0.140. The number of piperazine rings is 1. The maximum atomic E-state index is 13.4. The molecular formula is C44H52F3N7O4. The SMILES string of the molecule is O=C1CCC(c2cccc(N3CCC(CN4CCN(Cc5ccc6c(c5)nc(NC(=O)c5cccc(C(F)(F)F)c5)n6[C@H]5CC[C@@H](CO)CC5)CC4)CC3)c2)C(=O)N1. The summed E-state index contributed by atoms with van der Waals surface area (Å²) in [7, 11) is 0. The lowest BCUT2D eigenvalue weighted by Crippen LogP contribution is -2.48. The molecule has 4 aliphatic rings. The standard InChI is InChI=1S/C44H52F3N7O4/c45-44(46,47)34-5-1-4-33(24-34)41(57)50-43-48-38-23-31(9-13-39(38)54(43)35-10-7-30(28-55)8-11-35)27-52-21-19-51(20-22-52)26-29-15-17-53(18-16-29)36-6-2-3-32(25-36)37-12-14-40(56)49-42(37)58/h1-6,9,13,23-25,29-30,35,37,55H,7-8,10-12,14-22,26-28H2,(H,48,50,57)(H,49,56,58)/t30-,35+,37?. The van der Waals surface area contributed by atoms with Gasteiger partial charge in [-0.2, -0.15) is 13.2 Å². The molecule has 308 valence electrons. The van der Waals surface area contributed by atoms with Gasteiger partial charge in [-0.1, -0.05) is 24.3 Å². The number of imidazole rings is 1. The molecule has 0 radical (unpaired) electrons. The van der Waals surface area contributed by atoms with Gasteiger partial charge in [0, 0.05) is 82.7 Å². The fourth-order valence-corrected chi connectivity index (χ4v) is 9.37. The smallest absolute Gasteiger partial charge is 0.396 e. The van der Waals surface area contributed by atoms with Crippen LogP contribution in [-0.2, 0) is 22.3 Å². The number of nitrogens with one attached hydrogen (secondary N) is 2. The highest BCUT2D eigenvalue weighted by Gasteiger charge is 2.33. The zero-order valence-corrected chi connectivity index (χ0v) is 32.7. The van der Waals surface area contributed by atoms with Crippen LogP contribution in [0.1, 0.15) is 90.4 Å². The van der Waals surface area contributed by atoms with Crippen LogP contribution in [0, 0.1) is 11.8 Å². The van der Waals surface area contributed by atoms with Gasteiger partial charge in [-0.15, -0.1) is 0 Å². The number of alkyl halides is 3. The Labute approximate surface area is 336 Å². The van der Waals surface area contributed by atoms with E-state index < -0.39 is 17.6 Å². The molecule has 3 aromatic carbocycles. The Kier molecular flexibility index (Phi) is 11.9. The molecular weight excluding hydrogens is 748 g/mol. The second-order valence-electron chi connectivity index (χ2n) is 16.6. The van der Waals surface area contributed by atoms with Gasteiger partial charge in [0.05, 0.1) is 22.5 Å². The third-order valence-corrected chi connectivity index (χ3v) is 12.7. The van der Waals surface area contributed by atoms with Crippen LogP contribution in [0.15, 0.2) is 66.7 Å². The maximum absolute atomic E-state index is 13.4. The molecule has 1 unspecified atom stereocenters. The summed E-state index contributed by atoms with van der Waals surface area (Å²) in [6.07, 6.45) is 1.87. The number of hydrogen-bond donors (Lipinski definition) is 3. The lowest BCUT2D eigenvalue weighted by molar-refractivity contribution is -0.138. The molecule has 3 amide bonds. The van der Waals surface area contributed by atoms with Crippen molar-refractivity contribution in [2.75, 3.05) is 62.6 Å². The minimum Gasteiger partial charge on any atom is -0.396 e. The van der Waals surface area contributed by atoms with Crippen molar-refractivity contribution >= 4 is 40.4 Å². The second-order valence-corrected chi connectivity index (χ2v) is 16.6. The largest absolute Gasteiger partial charge is 0.416 e. The minimum atomic E-state index is -4.56. The Morgan fingerprint density at radius 1 is 0.828 bits per heavy atom. The molecule has 58 heavy (non-hydrogen) atoms. The van der Waals surface area contributed by atoms with Gasteiger partial charge in [-0.3, -0.25) is 29.9 Å². The van der Waals surface area contributed by atoms with E-state index in [1.165, 1.54) is 12.1 Å². The molecule has 4 fully saturated rings. The lowest BCUT2D eigenvalue weighted by Gasteiger charge is -2.39. The molecule has 4 aromatic rings. The van der Waals surface area contributed by atoms with Crippen molar-refractivity contribution < 1.29 is 32.7 Å². The third-order valence-electron chi connectivity index (χ3n) is 12.7. The number of anilines is 2. The van der Waals surface area contributed by atoms with E-state index in [-0.39, 0.29) is 41.9 Å². The Morgan fingerprint density at radius 2 is 1.57 bits per heavy atom.